The van der Waals surface area contributed by atoms with Crippen LogP contribution in [-0.2, 0) is 0 Å². The molecule has 1 aromatic heterocycles. The first-order chi connectivity index (χ1) is 10.1. The minimum Gasteiger partial charge on any atom is -0.477 e. The number of nitrogens with zero attached hydrogens (tertiary/aromatic N) is 1. The maximum absolute atomic E-state index is 10.9. The van der Waals surface area contributed by atoms with E-state index in [0.29, 0.717) is 11.6 Å². The van der Waals surface area contributed by atoms with Crippen molar-refractivity contribution in [2.75, 3.05) is 0 Å². The second-order valence-corrected chi connectivity index (χ2v) is 6.05. The molecule has 21 heavy (non-hydrogen) atoms. The van der Waals surface area contributed by atoms with Gasteiger partial charge in [0.15, 0.2) is 0 Å². The summed E-state index contributed by atoms with van der Waals surface area (Å²) < 4.78 is 0. The molecule has 4 heteroatoms. The Bertz CT molecular complexity index is 640. The van der Waals surface area contributed by atoms with Gasteiger partial charge in [0.05, 0.1) is 5.69 Å². The smallest absolute Gasteiger partial charge is 0.353 e. The monoisotopic (exact) mass is 284 g/mol. The number of carboxylic acids is 1. The molecule has 4 nitrogen and oxygen atoms in total. The molecule has 1 saturated carbocycles. The van der Waals surface area contributed by atoms with Gasteiger partial charge in [-0.05, 0) is 42.4 Å². The van der Waals surface area contributed by atoms with Crippen LogP contribution in [0.25, 0.3) is 11.3 Å². The summed E-state index contributed by atoms with van der Waals surface area (Å²) in [4.78, 5) is 10.9. The molecule has 0 saturated heterocycles. The molecular formula is C17H20N2O2. The summed E-state index contributed by atoms with van der Waals surface area (Å²) in [6.45, 7) is 2.32. The number of nitrogens with one attached hydrogen (secondary N) is 1. The van der Waals surface area contributed by atoms with Gasteiger partial charge < -0.3 is 5.11 Å². The van der Waals surface area contributed by atoms with Gasteiger partial charge in [0.25, 0.3) is 0 Å². The summed E-state index contributed by atoms with van der Waals surface area (Å²) in [6.07, 6.45) is 5.07. The highest BCUT2D eigenvalue weighted by atomic mass is 16.4. The zero-order valence-electron chi connectivity index (χ0n) is 12.2. The number of rotatable bonds is 3. The minimum absolute atomic E-state index is 0.127. The molecule has 0 atom stereocenters. The van der Waals surface area contributed by atoms with Crippen LogP contribution >= 0.6 is 0 Å². The highest BCUT2D eigenvalue weighted by molar-refractivity contribution is 5.86. The van der Waals surface area contributed by atoms with Gasteiger partial charge in [-0.2, -0.15) is 5.10 Å². The van der Waals surface area contributed by atoms with E-state index < -0.39 is 5.97 Å². The predicted molar refractivity (Wildman–Crippen MR) is 81.4 cm³/mol. The Morgan fingerprint density at radius 2 is 2.00 bits per heavy atom. The van der Waals surface area contributed by atoms with Gasteiger partial charge in [0, 0.05) is 5.56 Å². The van der Waals surface area contributed by atoms with Crippen LogP contribution in [0.3, 0.4) is 0 Å². The van der Waals surface area contributed by atoms with E-state index in [0.717, 1.165) is 11.5 Å². The molecule has 1 aromatic carbocycles. The Morgan fingerprint density at radius 1 is 1.24 bits per heavy atom. The molecule has 0 aliphatic heterocycles. The Kier molecular flexibility index (Phi) is 3.78. The summed E-state index contributed by atoms with van der Waals surface area (Å²) in [5.41, 5.74) is 3.15. The Balaban J connectivity index is 1.83. The SMILES string of the molecule is CC1CCC(c2cccc(-c3cc(C(=O)O)[nH]n3)c2)CC1. The van der Waals surface area contributed by atoms with Crippen molar-refractivity contribution in [1.82, 2.24) is 10.2 Å². The number of carbonyl (C=O) groups is 1. The van der Waals surface area contributed by atoms with Gasteiger partial charge >= 0.3 is 5.97 Å². The second-order valence-electron chi connectivity index (χ2n) is 6.05. The van der Waals surface area contributed by atoms with E-state index in [1.807, 2.05) is 12.1 Å². The Labute approximate surface area is 124 Å². The van der Waals surface area contributed by atoms with Crippen molar-refractivity contribution < 1.29 is 9.90 Å². The van der Waals surface area contributed by atoms with Crippen molar-refractivity contribution in [3.8, 4) is 11.3 Å². The maximum Gasteiger partial charge on any atom is 0.353 e. The zero-order valence-corrected chi connectivity index (χ0v) is 12.2. The lowest BCUT2D eigenvalue weighted by atomic mass is 9.79. The number of hydrogen-bond acceptors (Lipinski definition) is 2. The van der Waals surface area contributed by atoms with Crippen molar-refractivity contribution in [3.05, 3.63) is 41.6 Å². The van der Waals surface area contributed by atoms with Gasteiger partial charge in [0.1, 0.15) is 5.69 Å². The largest absolute Gasteiger partial charge is 0.477 e. The first-order valence-electron chi connectivity index (χ1n) is 7.52. The fourth-order valence-electron chi connectivity index (χ4n) is 3.12. The molecule has 2 N–H and O–H groups in total. The molecule has 110 valence electrons. The summed E-state index contributed by atoms with van der Waals surface area (Å²) in [7, 11) is 0. The summed E-state index contributed by atoms with van der Waals surface area (Å²) in [6, 6.07) is 9.94. The van der Waals surface area contributed by atoms with Crippen LogP contribution in [0.2, 0.25) is 0 Å². The summed E-state index contributed by atoms with van der Waals surface area (Å²) in [5.74, 6) is 0.485. The normalized spacial score (nSPS) is 22.1. The number of aromatic nitrogens is 2. The van der Waals surface area contributed by atoms with E-state index >= 15 is 0 Å². The number of benzene rings is 1. The highest BCUT2D eigenvalue weighted by Gasteiger charge is 2.20. The van der Waals surface area contributed by atoms with Crippen LogP contribution in [-0.4, -0.2) is 21.3 Å². The average Bonchev–Trinajstić information content (AvgIpc) is 2.98. The first kappa shape index (κ1) is 13.9. The molecule has 0 bridgehead atoms. The quantitative estimate of drug-likeness (QED) is 0.893. The first-order valence-corrected chi connectivity index (χ1v) is 7.52. The van der Waals surface area contributed by atoms with Gasteiger partial charge in [-0.3, -0.25) is 5.10 Å². The molecule has 0 unspecified atom stereocenters. The van der Waals surface area contributed by atoms with Gasteiger partial charge in [-0.15, -0.1) is 0 Å². The van der Waals surface area contributed by atoms with E-state index in [1.54, 1.807) is 6.07 Å². The third kappa shape index (κ3) is 2.99. The van der Waals surface area contributed by atoms with Crippen LogP contribution in [0.15, 0.2) is 30.3 Å². The Hall–Kier alpha value is -2.10. The lowest BCUT2D eigenvalue weighted by molar-refractivity contribution is 0.0690. The number of aromatic amines is 1. The number of hydrogen-bond donors (Lipinski definition) is 2. The van der Waals surface area contributed by atoms with Crippen LogP contribution in [0.1, 0.15) is 54.6 Å². The molecular weight excluding hydrogens is 264 g/mol. The molecule has 1 aliphatic rings. The zero-order chi connectivity index (χ0) is 14.8. The Morgan fingerprint density at radius 3 is 2.67 bits per heavy atom. The maximum atomic E-state index is 10.9. The molecule has 1 heterocycles. The van der Waals surface area contributed by atoms with Crippen molar-refractivity contribution in [3.63, 3.8) is 0 Å². The fourth-order valence-corrected chi connectivity index (χ4v) is 3.12. The molecule has 0 amide bonds. The minimum atomic E-state index is -0.980. The second kappa shape index (κ2) is 5.72. The molecule has 0 radical (unpaired) electrons. The van der Waals surface area contributed by atoms with Crippen LogP contribution in [0.4, 0.5) is 0 Å². The number of carboxylic acid groups (broad SMARTS) is 1. The third-order valence-corrected chi connectivity index (χ3v) is 4.48. The number of H-pyrrole nitrogens is 1. The predicted octanol–water partition coefficient (Wildman–Crippen LogP) is 4.07. The van der Waals surface area contributed by atoms with E-state index in [4.69, 9.17) is 5.11 Å². The van der Waals surface area contributed by atoms with E-state index in [1.165, 1.54) is 31.2 Å². The van der Waals surface area contributed by atoms with Gasteiger partial charge in [-0.25, -0.2) is 4.79 Å². The van der Waals surface area contributed by atoms with Crippen molar-refractivity contribution in [1.29, 1.82) is 0 Å². The summed E-state index contributed by atoms with van der Waals surface area (Å²) >= 11 is 0. The highest BCUT2D eigenvalue weighted by Crippen LogP contribution is 2.36. The van der Waals surface area contributed by atoms with Crippen LogP contribution in [0, 0.1) is 5.92 Å². The van der Waals surface area contributed by atoms with Crippen molar-refractivity contribution >= 4 is 5.97 Å². The van der Waals surface area contributed by atoms with Crippen molar-refractivity contribution in [2.45, 2.75) is 38.5 Å². The number of aromatic carboxylic acids is 1. The van der Waals surface area contributed by atoms with Crippen molar-refractivity contribution in [2.24, 2.45) is 5.92 Å². The molecule has 3 rings (SSSR count). The van der Waals surface area contributed by atoms with Crippen LogP contribution < -0.4 is 0 Å². The van der Waals surface area contributed by atoms with Crippen LogP contribution in [0.5, 0.6) is 0 Å². The standard InChI is InChI=1S/C17H20N2O2/c1-11-5-7-12(8-6-11)13-3-2-4-14(9-13)15-10-16(17(20)21)19-18-15/h2-4,9-12H,5-8H2,1H3,(H,18,19)(H,20,21). The lowest BCUT2D eigenvalue weighted by Crippen LogP contribution is -2.10. The summed E-state index contributed by atoms with van der Waals surface area (Å²) in [5, 5.41) is 15.6. The average molecular weight is 284 g/mol. The lowest BCUT2D eigenvalue weighted by Gasteiger charge is -2.26. The van der Waals surface area contributed by atoms with E-state index in [-0.39, 0.29) is 5.69 Å². The van der Waals surface area contributed by atoms with Gasteiger partial charge in [0.2, 0.25) is 0 Å². The van der Waals surface area contributed by atoms with Gasteiger partial charge in [-0.1, -0.05) is 38.0 Å². The molecule has 0 spiro atoms. The molecule has 1 aliphatic carbocycles. The topological polar surface area (TPSA) is 66.0 Å². The van der Waals surface area contributed by atoms with E-state index in [2.05, 4.69) is 29.3 Å². The van der Waals surface area contributed by atoms with E-state index in [9.17, 15) is 4.79 Å². The fraction of sp³-hybridized carbons (Fsp3) is 0.412. The molecule has 2 aromatic rings. The third-order valence-electron chi connectivity index (χ3n) is 4.48. The molecule has 1 fully saturated rings.